The first-order valence-electron chi connectivity index (χ1n) is 8.65. The van der Waals surface area contributed by atoms with Gasteiger partial charge >= 0.3 is 0 Å². The third kappa shape index (κ3) is 3.24. The molecule has 4 rings (SSSR count). The number of nitrogens with one attached hydrogen (secondary N) is 1. The van der Waals surface area contributed by atoms with Gasteiger partial charge in [0, 0.05) is 15.7 Å². The highest BCUT2D eigenvalue weighted by Gasteiger charge is 2.17. The summed E-state index contributed by atoms with van der Waals surface area (Å²) in [5, 5.41) is 3.57. The Kier molecular flexibility index (Phi) is 4.41. The van der Waals surface area contributed by atoms with Gasteiger partial charge in [-0.15, -0.1) is 0 Å². The minimum atomic E-state index is 0.315. The number of hydrogen-bond donors (Lipinski definition) is 1. The van der Waals surface area contributed by atoms with Crippen LogP contribution in [0.2, 0.25) is 0 Å². The van der Waals surface area contributed by atoms with Crippen LogP contribution in [0.5, 0.6) is 5.75 Å². The second-order valence-corrected chi connectivity index (χ2v) is 7.29. The summed E-state index contributed by atoms with van der Waals surface area (Å²) in [5.41, 5.74) is 4.95. The first-order chi connectivity index (χ1) is 12.2. The Bertz CT molecular complexity index is 906. The van der Waals surface area contributed by atoms with Gasteiger partial charge in [-0.3, -0.25) is 0 Å². The summed E-state index contributed by atoms with van der Waals surface area (Å²) in [6, 6.07) is 23.6. The Morgan fingerprint density at radius 3 is 2.56 bits per heavy atom. The van der Waals surface area contributed by atoms with Crippen LogP contribution in [-0.4, -0.2) is 6.61 Å². The Morgan fingerprint density at radius 1 is 0.880 bits per heavy atom. The SMILES string of the molecule is CCOc1cccc(C(C)c2ccc3c(c2)Nc2ccccc2S3)c1. The van der Waals surface area contributed by atoms with Gasteiger partial charge in [0.25, 0.3) is 0 Å². The molecule has 1 aliphatic heterocycles. The Hall–Kier alpha value is -2.39. The lowest BCUT2D eigenvalue weighted by atomic mass is 9.92. The van der Waals surface area contributed by atoms with Crippen molar-refractivity contribution in [1.82, 2.24) is 0 Å². The largest absolute Gasteiger partial charge is 0.494 e. The molecule has 3 heteroatoms. The van der Waals surface area contributed by atoms with Crippen LogP contribution in [0, 0.1) is 0 Å². The second kappa shape index (κ2) is 6.85. The molecule has 126 valence electrons. The van der Waals surface area contributed by atoms with Gasteiger partial charge in [-0.1, -0.05) is 49.0 Å². The lowest BCUT2D eigenvalue weighted by Crippen LogP contribution is -2.03. The van der Waals surface area contributed by atoms with Crippen LogP contribution in [0.25, 0.3) is 0 Å². The fourth-order valence-electron chi connectivity index (χ4n) is 3.16. The van der Waals surface area contributed by atoms with Gasteiger partial charge in [0.05, 0.1) is 18.0 Å². The molecule has 0 bridgehead atoms. The van der Waals surface area contributed by atoms with E-state index in [1.807, 2.05) is 24.8 Å². The van der Waals surface area contributed by atoms with Gasteiger partial charge < -0.3 is 10.1 Å². The van der Waals surface area contributed by atoms with E-state index in [4.69, 9.17) is 4.74 Å². The second-order valence-electron chi connectivity index (χ2n) is 6.21. The minimum Gasteiger partial charge on any atom is -0.494 e. The molecular weight excluding hydrogens is 326 g/mol. The summed E-state index contributed by atoms with van der Waals surface area (Å²) in [6.45, 7) is 4.95. The highest BCUT2D eigenvalue weighted by atomic mass is 32.2. The third-order valence-electron chi connectivity index (χ3n) is 4.55. The average Bonchev–Trinajstić information content (AvgIpc) is 2.66. The lowest BCUT2D eigenvalue weighted by molar-refractivity contribution is 0.340. The zero-order valence-electron chi connectivity index (χ0n) is 14.5. The summed E-state index contributed by atoms with van der Waals surface area (Å²) in [4.78, 5) is 2.55. The number of fused-ring (bicyclic) bond motifs is 2. The van der Waals surface area contributed by atoms with Gasteiger partial charge in [-0.2, -0.15) is 0 Å². The molecule has 3 aromatic rings. The van der Waals surface area contributed by atoms with Crippen LogP contribution in [-0.2, 0) is 0 Å². The number of hydrogen-bond acceptors (Lipinski definition) is 3. The van der Waals surface area contributed by atoms with Crippen molar-refractivity contribution in [2.75, 3.05) is 11.9 Å². The molecule has 1 unspecified atom stereocenters. The predicted molar refractivity (Wildman–Crippen MR) is 105 cm³/mol. The van der Waals surface area contributed by atoms with Crippen molar-refractivity contribution in [2.45, 2.75) is 29.6 Å². The van der Waals surface area contributed by atoms with Crippen LogP contribution >= 0.6 is 11.8 Å². The van der Waals surface area contributed by atoms with Crippen molar-refractivity contribution in [2.24, 2.45) is 0 Å². The summed E-state index contributed by atoms with van der Waals surface area (Å²) in [7, 11) is 0. The normalized spacial score (nSPS) is 13.4. The van der Waals surface area contributed by atoms with E-state index in [9.17, 15) is 0 Å². The lowest BCUT2D eigenvalue weighted by Gasteiger charge is -2.23. The van der Waals surface area contributed by atoms with E-state index in [-0.39, 0.29) is 0 Å². The minimum absolute atomic E-state index is 0.315. The first-order valence-corrected chi connectivity index (χ1v) is 9.47. The van der Waals surface area contributed by atoms with Crippen molar-refractivity contribution in [1.29, 1.82) is 0 Å². The van der Waals surface area contributed by atoms with Crippen molar-refractivity contribution in [3.8, 4) is 5.75 Å². The highest BCUT2D eigenvalue weighted by Crippen LogP contribution is 2.45. The third-order valence-corrected chi connectivity index (χ3v) is 5.70. The van der Waals surface area contributed by atoms with Gasteiger partial charge in [-0.05, 0) is 54.4 Å². The quantitative estimate of drug-likeness (QED) is 0.458. The molecule has 0 spiro atoms. The average molecular weight is 347 g/mol. The van der Waals surface area contributed by atoms with E-state index < -0.39 is 0 Å². The molecule has 0 radical (unpaired) electrons. The van der Waals surface area contributed by atoms with Gasteiger partial charge in [0.1, 0.15) is 5.75 Å². The van der Waals surface area contributed by atoms with Crippen LogP contribution in [0.3, 0.4) is 0 Å². The van der Waals surface area contributed by atoms with E-state index in [0.29, 0.717) is 12.5 Å². The smallest absolute Gasteiger partial charge is 0.119 e. The highest BCUT2D eigenvalue weighted by molar-refractivity contribution is 7.99. The van der Waals surface area contributed by atoms with Crippen LogP contribution in [0.4, 0.5) is 11.4 Å². The molecule has 1 heterocycles. The van der Waals surface area contributed by atoms with Crippen LogP contribution < -0.4 is 10.1 Å². The maximum atomic E-state index is 5.65. The van der Waals surface area contributed by atoms with E-state index in [0.717, 1.165) is 5.75 Å². The fraction of sp³-hybridized carbons (Fsp3) is 0.182. The molecule has 0 aromatic heterocycles. The Balaban J connectivity index is 1.63. The molecule has 3 aromatic carbocycles. The van der Waals surface area contributed by atoms with Crippen molar-refractivity contribution in [3.63, 3.8) is 0 Å². The molecule has 0 saturated carbocycles. The van der Waals surface area contributed by atoms with E-state index in [2.05, 4.69) is 72.9 Å². The molecule has 2 nitrogen and oxygen atoms in total. The molecule has 0 fully saturated rings. The molecule has 0 amide bonds. The predicted octanol–water partition coefficient (Wildman–Crippen LogP) is 6.45. The maximum absolute atomic E-state index is 5.65. The fourth-order valence-corrected chi connectivity index (χ4v) is 4.13. The van der Waals surface area contributed by atoms with Gasteiger partial charge in [0.15, 0.2) is 0 Å². The summed E-state index contributed by atoms with van der Waals surface area (Å²) < 4.78 is 5.65. The number of para-hydroxylation sites is 1. The first kappa shape index (κ1) is 16.1. The molecule has 0 saturated heterocycles. The number of rotatable bonds is 4. The van der Waals surface area contributed by atoms with E-state index in [1.54, 1.807) is 0 Å². The van der Waals surface area contributed by atoms with Crippen LogP contribution in [0.15, 0.2) is 76.5 Å². The molecule has 1 aliphatic rings. The van der Waals surface area contributed by atoms with Crippen molar-refractivity contribution in [3.05, 3.63) is 77.9 Å². The zero-order valence-corrected chi connectivity index (χ0v) is 15.3. The number of ether oxygens (including phenoxy) is 1. The topological polar surface area (TPSA) is 21.3 Å². The monoisotopic (exact) mass is 347 g/mol. The zero-order chi connectivity index (χ0) is 17.2. The van der Waals surface area contributed by atoms with Crippen LogP contribution in [0.1, 0.15) is 30.9 Å². The Morgan fingerprint density at radius 2 is 1.68 bits per heavy atom. The molecular formula is C22H21NOS. The maximum Gasteiger partial charge on any atom is 0.119 e. The molecule has 1 N–H and O–H groups in total. The standard InChI is InChI=1S/C22H21NOS/c1-3-24-18-8-6-7-16(13-18)15(2)17-11-12-22-20(14-17)23-19-9-4-5-10-21(19)25-22/h4-15,23H,3H2,1-2H3. The van der Waals surface area contributed by atoms with E-state index in [1.165, 1.54) is 32.3 Å². The van der Waals surface area contributed by atoms with E-state index >= 15 is 0 Å². The molecule has 1 atom stereocenters. The summed E-state index contributed by atoms with van der Waals surface area (Å²) >= 11 is 1.83. The summed E-state index contributed by atoms with van der Waals surface area (Å²) in [6.07, 6.45) is 0. The Labute approximate surface area is 153 Å². The number of benzene rings is 3. The molecule has 25 heavy (non-hydrogen) atoms. The van der Waals surface area contributed by atoms with Gasteiger partial charge in [-0.25, -0.2) is 0 Å². The van der Waals surface area contributed by atoms with Gasteiger partial charge in [0.2, 0.25) is 0 Å². The van der Waals surface area contributed by atoms with Crippen molar-refractivity contribution < 1.29 is 4.74 Å². The summed E-state index contributed by atoms with van der Waals surface area (Å²) in [5.74, 6) is 1.25. The molecule has 0 aliphatic carbocycles. The number of anilines is 2. The van der Waals surface area contributed by atoms with Crippen molar-refractivity contribution >= 4 is 23.1 Å².